The molecular formula is C20H25N3O2. The van der Waals surface area contributed by atoms with Gasteiger partial charge in [-0.05, 0) is 48.6 Å². The number of hydrazone groups is 1. The van der Waals surface area contributed by atoms with Crippen molar-refractivity contribution < 1.29 is 9.53 Å². The van der Waals surface area contributed by atoms with Gasteiger partial charge in [-0.25, -0.2) is 5.43 Å². The lowest BCUT2D eigenvalue weighted by molar-refractivity contribution is -0.123. The third-order valence-corrected chi connectivity index (χ3v) is 4.10. The molecule has 5 nitrogen and oxygen atoms in total. The average molecular weight is 339 g/mol. The van der Waals surface area contributed by atoms with E-state index in [0.717, 1.165) is 23.3 Å². The van der Waals surface area contributed by atoms with Crippen molar-refractivity contribution in [2.45, 2.75) is 33.1 Å². The van der Waals surface area contributed by atoms with Crippen LogP contribution in [-0.2, 0) is 4.79 Å². The molecule has 0 aliphatic heterocycles. The maximum Gasteiger partial charge on any atom is 0.277 e. The number of anilines is 1. The van der Waals surface area contributed by atoms with Crippen LogP contribution in [0.15, 0.2) is 53.6 Å². The van der Waals surface area contributed by atoms with Crippen LogP contribution in [0.4, 0.5) is 5.69 Å². The van der Waals surface area contributed by atoms with Crippen molar-refractivity contribution in [3.8, 4) is 5.75 Å². The number of carbonyl (C=O) groups is 1. The highest BCUT2D eigenvalue weighted by atomic mass is 16.5. The zero-order chi connectivity index (χ0) is 18.2. The summed E-state index contributed by atoms with van der Waals surface area (Å²) in [5, 5.41) is 4.11. The van der Waals surface area contributed by atoms with Gasteiger partial charge >= 0.3 is 0 Å². The molecule has 0 saturated heterocycles. The standard InChI is InChI=1S/C20H25N3O2/c1-4-14(2)18-7-5-6-8-19(18)25-13-20(24)23-22-15(3)16-9-11-17(21)12-10-16/h5-12,14H,4,13,21H2,1-3H3,(H,23,24)/b22-15+. The van der Waals surface area contributed by atoms with Crippen LogP contribution in [0, 0.1) is 0 Å². The Hall–Kier alpha value is -2.82. The summed E-state index contributed by atoms with van der Waals surface area (Å²) in [7, 11) is 0. The van der Waals surface area contributed by atoms with E-state index in [-0.39, 0.29) is 12.5 Å². The maximum absolute atomic E-state index is 12.0. The van der Waals surface area contributed by atoms with Crippen molar-refractivity contribution >= 4 is 17.3 Å². The van der Waals surface area contributed by atoms with E-state index in [1.807, 2.05) is 43.3 Å². The first-order chi connectivity index (χ1) is 12.0. The number of amides is 1. The Labute approximate surface area is 148 Å². The molecule has 1 unspecified atom stereocenters. The lowest BCUT2D eigenvalue weighted by Crippen LogP contribution is -2.26. The van der Waals surface area contributed by atoms with Gasteiger partial charge in [0.25, 0.3) is 5.91 Å². The molecule has 0 spiro atoms. The monoisotopic (exact) mass is 339 g/mol. The topological polar surface area (TPSA) is 76.7 Å². The van der Waals surface area contributed by atoms with E-state index >= 15 is 0 Å². The molecule has 2 aromatic rings. The largest absolute Gasteiger partial charge is 0.483 e. The van der Waals surface area contributed by atoms with Gasteiger partial charge in [-0.2, -0.15) is 5.10 Å². The summed E-state index contributed by atoms with van der Waals surface area (Å²) in [6.45, 7) is 6.02. The molecule has 0 aliphatic carbocycles. The summed E-state index contributed by atoms with van der Waals surface area (Å²) >= 11 is 0. The minimum atomic E-state index is -0.297. The summed E-state index contributed by atoms with van der Waals surface area (Å²) in [6.07, 6.45) is 1.01. The predicted molar refractivity (Wildman–Crippen MR) is 102 cm³/mol. The van der Waals surface area contributed by atoms with Gasteiger partial charge < -0.3 is 10.5 Å². The average Bonchev–Trinajstić information content (AvgIpc) is 2.64. The minimum absolute atomic E-state index is 0.0774. The molecule has 25 heavy (non-hydrogen) atoms. The quantitative estimate of drug-likeness (QED) is 0.459. The van der Waals surface area contributed by atoms with E-state index in [9.17, 15) is 4.79 Å². The molecule has 0 radical (unpaired) electrons. The number of ether oxygens (including phenoxy) is 1. The molecule has 0 fully saturated rings. The second-order valence-corrected chi connectivity index (χ2v) is 5.99. The predicted octanol–water partition coefficient (Wildman–Crippen LogP) is 3.70. The Morgan fingerprint density at radius 2 is 1.88 bits per heavy atom. The number of rotatable bonds is 7. The molecule has 0 aromatic heterocycles. The van der Waals surface area contributed by atoms with Gasteiger partial charge in [0.1, 0.15) is 5.75 Å². The SMILES string of the molecule is CCC(C)c1ccccc1OCC(=O)N/N=C(\C)c1ccc(N)cc1. The van der Waals surface area contributed by atoms with E-state index in [1.54, 1.807) is 12.1 Å². The molecule has 0 saturated carbocycles. The first kappa shape index (κ1) is 18.5. The highest BCUT2D eigenvalue weighted by Gasteiger charge is 2.11. The third kappa shape index (κ3) is 5.35. The van der Waals surface area contributed by atoms with Gasteiger partial charge in [0.15, 0.2) is 6.61 Å². The smallest absolute Gasteiger partial charge is 0.277 e. The minimum Gasteiger partial charge on any atom is -0.483 e. The molecule has 132 valence electrons. The fourth-order valence-corrected chi connectivity index (χ4v) is 2.35. The molecule has 1 atom stereocenters. The third-order valence-electron chi connectivity index (χ3n) is 4.10. The Morgan fingerprint density at radius 3 is 2.56 bits per heavy atom. The summed E-state index contributed by atoms with van der Waals surface area (Å²) in [6, 6.07) is 15.1. The Bertz CT molecular complexity index is 739. The normalized spacial score (nSPS) is 12.5. The first-order valence-electron chi connectivity index (χ1n) is 8.42. The van der Waals surface area contributed by atoms with Crippen LogP contribution in [0.1, 0.15) is 44.2 Å². The highest BCUT2D eigenvalue weighted by Crippen LogP contribution is 2.28. The highest BCUT2D eigenvalue weighted by molar-refractivity contribution is 5.99. The summed E-state index contributed by atoms with van der Waals surface area (Å²) in [5.74, 6) is 0.824. The Morgan fingerprint density at radius 1 is 1.20 bits per heavy atom. The fourth-order valence-electron chi connectivity index (χ4n) is 2.35. The van der Waals surface area contributed by atoms with Crippen LogP contribution in [-0.4, -0.2) is 18.2 Å². The summed E-state index contributed by atoms with van der Waals surface area (Å²) < 4.78 is 5.68. The van der Waals surface area contributed by atoms with Gasteiger partial charge in [0, 0.05) is 5.69 Å². The maximum atomic E-state index is 12.0. The number of benzene rings is 2. The van der Waals surface area contributed by atoms with Gasteiger partial charge in [-0.3, -0.25) is 4.79 Å². The molecule has 0 heterocycles. The zero-order valence-corrected chi connectivity index (χ0v) is 15.0. The zero-order valence-electron chi connectivity index (χ0n) is 15.0. The van der Waals surface area contributed by atoms with E-state index in [2.05, 4.69) is 24.4 Å². The molecular weight excluding hydrogens is 314 g/mol. The number of hydrogen-bond donors (Lipinski definition) is 2. The number of nitrogens with two attached hydrogens (primary N) is 1. The van der Waals surface area contributed by atoms with Crippen LogP contribution in [0.5, 0.6) is 5.75 Å². The van der Waals surface area contributed by atoms with E-state index in [1.165, 1.54) is 0 Å². The second-order valence-electron chi connectivity index (χ2n) is 5.99. The lowest BCUT2D eigenvalue weighted by atomic mass is 9.98. The van der Waals surface area contributed by atoms with Crippen molar-refractivity contribution in [3.63, 3.8) is 0 Å². The fraction of sp³-hybridized carbons (Fsp3) is 0.300. The van der Waals surface area contributed by atoms with Crippen LogP contribution < -0.4 is 15.9 Å². The van der Waals surface area contributed by atoms with Crippen molar-refractivity contribution in [2.24, 2.45) is 5.10 Å². The summed E-state index contributed by atoms with van der Waals surface area (Å²) in [5.41, 5.74) is 11.6. The molecule has 5 heteroatoms. The number of hydrogen-bond acceptors (Lipinski definition) is 4. The molecule has 2 rings (SSSR count). The van der Waals surface area contributed by atoms with Gasteiger partial charge in [0.05, 0.1) is 5.71 Å². The van der Waals surface area contributed by atoms with Crippen molar-refractivity contribution in [3.05, 3.63) is 59.7 Å². The van der Waals surface area contributed by atoms with Gasteiger partial charge in [-0.15, -0.1) is 0 Å². The number of carbonyl (C=O) groups excluding carboxylic acids is 1. The van der Waals surface area contributed by atoms with Crippen LogP contribution >= 0.6 is 0 Å². The molecule has 1 amide bonds. The van der Waals surface area contributed by atoms with Gasteiger partial charge in [-0.1, -0.05) is 44.2 Å². The van der Waals surface area contributed by atoms with Gasteiger partial charge in [0.2, 0.25) is 0 Å². The second kappa shape index (κ2) is 8.87. The number of para-hydroxylation sites is 1. The Kier molecular flexibility index (Phi) is 6.57. The van der Waals surface area contributed by atoms with Crippen molar-refractivity contribution in [1.29, 1.82) is 0 Å². The van der Waals surface area contributed by atoms with E-state index in [0.29, 0.717) is 17.3 Å². The van der Waals surface area contributed by atoms with Crippen LogP contribution in [0.3, 0.4) is 0 Å². The molecule has 0 aliphatic rings. The van der Waals surface area contributed by atoms with E-state index < -0.39 is 0 Å². The van der Waals surface area contributed by atoms with Crippen LogP contribution in [0.2, 0.25) is 0 Å². The van der Waals surface area contributed by atoms with Crippen LogP contribution in [0.25, 0.3) is 0 Å². The van der Waals surface area contributed by atoms with E-state index in [4.69, 9.17) is 10.5 Å². The van der Waals surface area contributed by atoms with Crippen molar-refractivity contribution in [1.82, 2.24) is 5.43 Å². The Balaban J connectivity index is 1.93. The molecule has 2 aromatic carbocycles. The lowest BCUT2D eigenvalue weighted by Gasteiger charge is -2.15. The molecule has 0 bridgehead atoms. The summed E-state index contributed by atoms with van der Waals surface area (Å²) in [4.78, 5) is 12.0. The number of nitrogens with one attached hydrogen (secondary N) is 1. The first-order valence-corrected chi connectivity index (χ1v) is 8.42. The van der Waals surface area contributed by atoms with Crippen molar-refractivity contribution in [2.75, 3.05) is 12.3 Å². The number of nitrogen functional groups attached to an aromatic ring is 1. The number of nitrogens with zero attached hydrogens (tertiary/aromatic N) is 1. The molecule has 3 N–H and O–H groups in total.